The number of nitrogens with zero attached hydrogens (tertiary/aromatic N) is 10. The van der Waals surface area contributed by atoms with Crippen molar-refractivity contribution >= 4 is 101 Å². The number of hydrogen-bond acceptors (Lipinski definition) is 19. The van der Waals surface area contributed by atoms with Crippen molar-refractivity contribution in [3.63, 3.8) is 0 Å². The molecule has 11 rings (SSSR count). The minimum atomic E-state index is -0.236. The summed E-state index contributed by atoms with van der Waals surface area (Å²) in [5.41, 5.74) is 0. The second-order valence-electron chi connectivity index (χ2n) is 27.0. The number of rotatable bonds is 31. The van der Waals surface area contributed by atoms with E-state index >= 15 is 0 Å². The zero-order valence-corrected chi connectivity index (χ0v) is 70.0. The van der Waals surface area contributed by atoms with Gasteiger partial charge in [0.25, 0.3) is 0 Å². The number of thiocarbonyl (C=S) groups is 2. The number of hydrogen-bond donors (Lipinski definition) is 5. The third-order valence-corrected chi connectivity index (χ3v) is 21.8. The van der Waals surface area contributed by atoms with E-state index in [9.17, 15) is 34.3 Å². The Morgan fingerprint density at radius 1 is 0.357 bits per heavy atom. The van der Waals surface area contributed by atoms with Crippen molar-refractivity contribution in [3.05, 3.63) is 127 Å². The van der Waals surface area contributed by atoms with Crippen LogP contribution in [0.25, 0.3) is 0 Å². The third kappa shape index (κ3) is 36.3. The van der Waals surface area contributed by atoms with Gasteiger partial charge in [0.15, 0.2) is 10.2 Å². The number of piperazine rings is 5. The first kappa shape index (κ1) is 92.3. The summed E-state index contributed by atoms with van der Waals surface area (Å²) in [6.45, 7) is 28.9. The summed E-state index contributed by atoms with van der Waals surface area (Å²) in [5, 5.41) is 16.2. The lowest BCUT2D eigenvalue weighted by atomic mass is 10.3. The van der Waals surface area contributed by atoms with Crippen LogP contribution in [0.4, 0.5) is 34.3 Å². The van der Waals surface area contributed by atoms with Gasteiger partial charge < -0.3 is 74.8 Å². The van der Waals surface area contributed by atoms with Gasteiger partial charge in [-0.25, -0.2) is 18.8 Å². The van der Waals surface area contributed by atoms with Crippen LogP contribution in [0.2, 0.25) is 0 Å². The Hall–Kier alpha value is -6.86. The first-order chi connectivity index (χ1) is 54.6. The van der Waals surface area contributed by atoms with E-state index in [0.717, 1.165) is 248 Å². The van der Waals surface area contributed by atoms with Crippen LogP contribution in [0.15, 0.2) is 141 Å². The van der Waals surface area contributed by atoms with Crippen LogP contribution in [0.5, 0.6) is 28.7 Å². The standard InChI is InChI=1S/C17H24FN3O2S.C16H24FN3O2S.C15H22FN3O2S.C15H22FN3OS2.C15H22FN3OS/c18-24-16-6-4-15(5-7-16)23-13-1-8-20-9-11-21(12-10-20)17(22)19-14-2-3-14;1-2-18-16(21)20-11-9-19(10-12-20)8-3-13-22-14-4-6-15(23-17)7-5-14;1-17-15(20)19-10-8-18(9-11-19)7-2-12-21-13-3-5-14(22-16)6-4-13;1-17-15(21)19-10-8-18(9-11-19)7-2-12-20-13-3-5-14(22-16)6-4-13;1-17-15(21)19-10-8-18(9-11-19)7-2-12-20-14-5-3-13(16)4-6-14/h4-7,14H,1-3,8-13H2,(H,19,22);4-7H,2-3,8-13H2,1H3,(H,18,21);3-6H,2,7-12H2,1H3,(H,17,20);3-6H,2,7-12H2,1H3,(H,17,21);3-6H,2,7-12H2,1H3,(H,17,21). The first-order valence-corrected chi connectivity index (χ1v) is 42.3. The molecule has 6 amide bonds. The van der Waals surface area contributed by atoms with E-state index in [1.807, 2.05) is 35.7 Å². The van der Waals surface area contributed by atoms with Gasteiger partial charge in [-0.05, 0) is 198 Å². The molecule has 0 spiro atoms. The lowest BCUT2D eigenvalue weighted by Crippen LogP contribution is -2.52. The highest BCUT2D eigenvalue weighted by atomic mass is 32.2. The van der Waals surface area contributed by atoms with Gasteiger partial charge in [-0.15, -0.1) is 0 Å². The molecule has 620 valence electrons. The van der Waals surface area contributed by atoms with Gasteiger partial charge >= 0.3 is 18.1 Å². The van der Waals surface area contributed by atoms with Crippen molar-refractivity contribution in [1.29, 1.82) is 0 Å². The molecule has 6 aliphatic rings. The minimum Gasteiger partial charge on any atom is -0.494 e. The summed E-state index contributed by atoms with van der Waals surface area (Å²) in [6, 6.07) is 34.7. The number of halogens is 5. The van der Waals surface area contributed by atoms with Crippen molar-refractivity contribution in [1.82, 2.24) is 75.6 Å². The lowest BCUT2D eigenvalue weighted by Gasteiger charge is -2.35. The quantitative estimate of drug-likeness (QED) is 0.0160. The van der Waals surface area contributed by atoms with E-state index in [1.54, 1.807) is 116 Å². The molecule has 0 radical (unpaired) electrons. The Morgan fingerprint density at radius 3 is 0.830 bits per heavy atom. The summed E-state index contributed by atoms with van der Waals surface area (Å²) < 4.78 is 90.3. The van der Waals surface area contributed by atoms with Gasteiger partial charge in [0.1, 0.15) is 34.6 Å². The highest BCUT2D eigenvalue weighted by molar-refractivity contribution is 7.95. The highest BCUT2D eigenvalue weighted by Gasteiger charge is 2.28. The molecular weight excluding hydrogens is 1560 g/mol. The molecule has 0 unspecified atom stereocenters. The van der Waals surface area contributed by atoms with Crippen LogP contribution in [-0.2, 0) is 0 Å². The molecule has 34 heteroatoms. The maximum absolute atomic E-state index is 12.8. The van der Waals surface area contributed by atoms with Crippen molar-refractivity contribution < 1.29 is 58.0 Å². The molecule has 0 bridgehead atoms. The van der Waals surface area contributed by atoms with Crippen molar-refractivity contribution in [2.45, 2.75) is 77.5 Å². The average Bonchev–Trinajstić information content (AvgIpc) is 1.81. The van der Waals surface area contributed by atoms with Gasteiger partial charge in [-0.2, -0.15) is 15.5 Å². The van der Waals surface area contributed by atoms with E-state index in [2.05, 4.69) is 60.9 Å². The fraction of sp³-hybridized carbons (Fsp3) is 0.551. The van der Waals surface area contributed by atoms with Gasteiger partial charge in [0.05, 0.1) is 81.6 Å². The largest absolute Gasteiger partial charge is 0.494 e. The van der Waals surface area contributed by atoms with E-state index in [0.29, 0.717) is 65.2 Å². The van der Waals surface area contributed by atoms with Gasteiger partial charge in [-0.3, -0.25) is 24.5 Å². The topological polar surface area (TPSA) is 190 Å². The summed E-state index contributed by atoms with van der Waals surface area (Å²) in [6.07, 6.45) is 7.00. The normalized spacial score (nSPS) is 16.2. The molecule has 1 saturated carbocycles. The van der Waals surface area contributed by atoms with Gasteiger partial charge in [0.2, 0.25) is 0 Å². The molecule has 5 N–H and O–H groups in total. The summed E-state index contributed by atoms with van der Waals surface area (Å²) >= 11 is 11.4. The number of benzene rings is 5. The predicted molar refractivity (Wildman–Crippen MR) is 449 cm³/mol. The van der Waals surface area contributed by atoms with E-state index in [-0.39, 0.29) is 72.5 Å². The molecule has 5 saturated heterocycles. The predicted octanol–water partition coefficient (Wildman–Crippen LogP) is 12.4. The monoisotopic (exact) mass is 1680 g/mol. The molecule has 0 atom stereocenters. The summed E-state index contributed by atoms with van der Waals surface area (Å²) in [7, 11) is 5.39. The van der Waals surface area contributed by atoms with E-state index in [4.69, 9.17) is 48.1 Å². The fourth-order valence-electron chi connectivity index (χ4n) is 12.4. The number of urea groups is 3. The molecule has 5 aromatic carbocycles. The van der Waals surface area contributed by atoms with Crippen LogP contribution < -0.4 is 50.3 Å². The number of ether oxygens (including phenoxy) is 5. The maximum atomic E-state index is 12.8. The van der Waals surface area contributed by atoms with Gasteiger partial charge in [-0.1, -0.05) is 0 Å². The third-order valence-electron chi connectivity index (χ3n) is 19.1. The smallest absolute Gasteiger partial charge is 0.317 e. The SMILES string of the molecule is CCNC(=O)N1CCN(CCCOc2ccc(SF)cc2)CC1.CNC(=O)N1CCN(CCCOc2ccc(SF)cc2)CC1.CNC(=S)N1CCN(CCCOc2ccc(F)cc2)CC1.CNC(=S)N1CCN(CCCOc2ccc(SF)cc2)CC1.O=C(NC1CC1)N1CCN(CCCOc2ccc(SF)cc2)CC1. The molecule has 5 heterocycles. The number of amides is 6. The highest BCUT2D eigenvalue weighted by Crippen LogP contribution is 2.26. The van der Waals surface area contributed by atoms with Crippen molar-refractivity contribution in [2.24, 2.45) is 0 Å². The minimum absolute atomic E-state index is 0.00197. The van der Waals surface area contributed by atoms with E-state index < -0.39 is 0 Å². The Labute approximate surface area is 688 Å². The van der Waals surface area contributed by atoms with E-state index in [1.165, 1.54) is 12.1 Å². The van der Waals surface area contributed by atoms with Gasteiger partial charge in [0, 0.05) is 217 Å². The zero-order chi connectivity index (χ0) is 79.9. The van der Waals surface area contributed by atoms with Crippen LogP contribution in [0, 0.1) is 5.82 Å². The van der Waals surface area contributed by atoms with Crippen LogP contribution in [0.3, 0.4) is 0 Å². The fourth-order valence-corrected chi connectivity index (χ4v) is 13.7. The summed E-state index contributed by atoms with van der Waals surface area (Å²) in [5.74, 6) is 3.59. The molecule has 5 aliphatic heterocycles. The molecule has 1 aliphatic carbocycles. The average molecular weight is 1680 g/mol. The Morgan fingerprint density at radius 2 is 0.598 bits per heavy atom. The maximum Gasteiger partial charge on any atom is 0.317 e. The molecule has 0 aromatic heterocycles. The second-order valence-corrected chi connectivity index (χ2v) is 30.3. The van der Waals surface area contributed by atoms with Crippen LogP contribution >= 0.6 is 73.0 Å². The van der Waals surface area contributed by atoms with Crippen LogP contribution in [-0.4, -0.2) is 308 Å². The van der Waals surface area contributed by atoms with Crippen molar-refractivity contribution in [2.75, 3.05) is 224 Å². The summed E-state index contributed by atoms with van der Waals surface area (Å²) in [4.78, 5) is 59.4. The molecular formula is C78H114F5N15O8S6. The number of carbonyl (C=O) groups is 3. The molecule has 5 aromatic rings. The lowest BCUT2D eigenvalue weighted by molar-refractivity contribution is 0.133. The Bertz CT molecular complexity index is 3340. The van der Waals surface area contributed by atoms with Crippen LogP contribution in [0.1, 0.15) is 51.9 Å². The molecule has 6 fully saturated rings. The molecule has 23 nitrogen and oxygen atoms in total. The zero-order valence-electron chi connectivity index (χ0n) is 65.1. The Kier molecular flexibility index (Phi) is 44.6. The number of nitrogens with one attached hydrogen (secondary N) is 5. The Balaban J connectivity index is 0.000000194. The van der Waals surface area contributed by atoms with Crippen molar-refractivity contribution in [3.8, 4) is 28.7 Å². The second kappa shape index (κ2) is 54.1. The molecule has 112 heavy (non-hydrogen) atoms. The first-order valence-electron chi connectivity index (χ1n) is 38.7. The number of carbonyl (C=O) groups excluding carboxylic acids is 3.